The van der Waals surface area contributed by atoms with Gasteiger partial charge in [-0.1, -0.05) is 32.9 Å². The van der Waals surface area contributed by atoms with E-state index in [9.17, 15) is 9.90 Å². The molecule has 6 aromatic rings. The zero-order valence-electron chi connectivity index (χ0n) is 23.5. The molecule has 41 heavy (non-hydrogen) atoms. The number of fused-ring (bicyclic) bond motifs is 2. The van der Waals surface area contributed by atoms with Crippen LogP contribution in [0.1, 0.15) is 37.6 Å². The van der Waals surface area contributed by atoms with Crippen LogP contribution in [-0.4, -0.2) is 34.9 Å². The number of nitrogens with zero attached hydrogens (tertiary/aromatic N) is 5. The summed E-state index contributed by atoms with van der Waals surface area (Å²) in [4.78, 5) is 13.6. The third-order valence-electron chi connectivity index (χ3n) is 7.56. The molecule has 208 valence electrons. The molecule has 0 amide bonds. The Morgan fingerprint density at radius 2 is 1.88 bits per heavy atom. The van der Waals surface area contributed by atoms with E-state index >= 15 is 4.39 Å². The van der Waals surface area contributed by atoms with Crippen LogP contribution in [0.5, 0.6) is 0 Å². The van der Waals surface area contributed by atoms with Gasteiger partial charge in [-0.15, -0.1) is 0 Å². The van der Waals surface area contributed by atoms with Crippen LogP contribution in [-0.2, 0) is 19.1 Å². The minimum atomic E-state index is -0.604. The first-order valence-corrected chi connectivity index (χ1v) is 13.2. The first-order chi connectivity index (χ1) is 19.5. The summed E-state index contributed by atoms with van der Waals surface area (Å²) >= 11 is 0. The van der Waals surface area contributed by atoms with Crippen molar-refractivity contribution in [3.8, 4) is 27.9 Å². The van der Waals surface area contributed by atoms with Crippen molar-refractivity contribution in [1.29, 1.82) is 0 Å². The minimum absolute atomic E-state index is 0.0516. The molecule has 0 aliphatic heterocycles. The lowest BCUT2D eigenvalue weighted by atomic mass is 9.86. The van der Waals surface area contributed by atoms with Crippen molar-refractivity contribution in [1.82, 2.24) is 29.8 Å². The van der Waals surface area contributed by atoms with Gasteiger partial charge < -0.3 is 10.8 Å². The van der Waals surface area contributed by atoms with Crippen LogP contribution in [0.15, 0.2) is 59.7 Å². The zero-order chi connectivity index (χ0) is 29.2. The Bertz CT molecular complexity index is 2050. The zero-order valence-corrected chi connectivity index (χ0v) is 23.5. The average Bonchev–Trinajstić information content (AvgIpc) is 3.47. The number of H-pyrrole nitrogens is 1. The van der Waals surface area contributed by atoms with Crippen LogP contribution in [0.2, 0.25) is 0 Å². The molecule has 0 saturated heterocycles. The number of aliphatic hydroxyl groups excluding tert-OH is 1. The Morgan fingerprint density at radius 1 is 1.10 bits per heavy atom. The van der Waals surface area contributed by atoms with Gasteiger partial charge in [0.1, 0.15) is 5.82 Å². The first kappa shape index (κ1) is 26.4. The fraction of sp³-hybridized carbons (Fsp3) is 0.226. The number of aromatic amines is 1. The highest BCUT2D eigenvalue weighted by molar-refractivity contribution is 6.02. The molecule has 0 radical (unpaired) electrons. The van der Waals surface area contributed by atoms with Gasteiger partial charge in [0.25, 0.3) is 5.56 Å². The van der Waals surface area contributed by atoms with Gasteiger partial charge in [0, 0.05) is 40.7 Å². The van der Waals surface area contributed by atoms with Crippen molar-refractivity contribution in [3.63, 3.8) is 0 Å². The molecular weight excluding hydrogens is 521 g/mol. The molecule has 3 aromatic heterocycles. The molecule has 0 bridgehead atoms. The third kappa shape index (κ3) is 4.27. The SMILES string of the molecule is Cc1nn(C)cc1-c1cc(-c2cccc(-n3ncc4cc(C(C)(C)C)cc(F)c4c3=O)c2CO)cc2c(N)n[nH]c12. The highest BCUT2D eigenvalue weighted by atomic mass is 19.1. The summed E-state index contributed by atoms with van der Waals surface area (Å²) in [6.45, 7) is 7.49. The summed E-state index contributed by atoms with van der Waals surface area (Å²) in [6.07, 6.45) is 3.41. The maximum atomic E-state index is 15.3. The van der Waals surface area contributed by atoms with E-state index in [0.717, 1.165) is 38.1 Å². The maximum Gasteiger partial charge on any atom is 0.282 e. The highest BCUT2D eigenvalue weighted by Crippen LogP contribution is 2.38. The normalized spacial score (nSPS) is 12.1. The lowest BCUT2D eigenvalue weighted by molar-refractivity contribution is 0.282. The standard InChI is InChI=1S/C31H30FN7O2/c1-16-23(14-38(5)37-16)21-10-17(11-22-28(21)35-36-29(22)33)20-7-6-8-26(24(20)15-40)39-30(41)27-18(13-34-39)9-19(12-25(27)32)31(2,3)4/h6-14,40H,15H2,1-5H3,(H3,33,35,36). The number of nitrogens with two attached hydrogens (primary N) is 1. The molecule has 0 unspecified atom stereocenters. The molecule has 4 N–H and O–H groups in total. The van der Waals surface area contributed by atoms with Gasteiger partial charge in [-0.25, -0.2) is 4.39 Å². The van der Waals surface area contributed by atoms with Crippen molar-refractivity contribution in [3.05, 3.63) is 87.9 Å². The summed E-state index contributed by atoms with van der Waals surface area (Å²) in [5.41, 5.74) is 11.7. The molecule has 0 atom stereocenters. The van der Waals surface area contributed by atoms with E-state index in [1.807, 2.05) is 59.1 Å². The Labute approximate surface area is 235 Å². The van der Waals surface area contributed by atoms with Crippen LogP contribution in [0.25, 0.3) is 49.6 Å². The number of halogens is 1. The summed E-state index contributed by atoms with van der Waals surface area (Å²) in [6, 6.07) is 12.4. The largest absolute Gasteiger partial charge is 0.392 e. The number of rotatable bonds is 4. The number of hydrogen-bond acceptors (Lipinski definition) is 6. The molecule has 3 aromatic carbocycles. The number of nitrogen functional groups attached to an aromatic ring is 1. The van der Waals surface area contributed by atoms with Gasteiger partial charge in [-0.05, 0) is 59.4 Å². The summed E-state index contributed by atoms with van der Waals surface area (Å²) in [5.74, 6) is -0.267. The van der Waals surface area contributed by atoms with E-state index in [2.05, 4.69) is 20.4 Å². The number of aryl methyl sites for hydroxylation is 2. The van der Waals surface area contributed by atoms with Crippen molar-refractivity contribution >= 4 is 27.5 Å². The summed E-state index contributed by atoms with van der Waals surface area (Å²) < 4.78 is 18.2. The van der Waals surface area contributed by atoms with Crippen LogP contribution in [0.3, 0.4) is 0 Å². The van der Waals surface area contributed by atoms with Crippen LogP contribution < -0.4 is 11.3 Å². The van der Waals surface area contributed by atoms with Crippen molar-refractivity contribution in [2.24, 2.45) is 7.05 Å². The van der Waals surface area contributed by atoms with Crippen LogP contribution >= 0.6 is 0 Å². The third-order valence-corrected chi connectivity index (χ3v) is 7.56. The van der Waals surface area contributed by atoms with Gasteiger partial charge in [-0.3, -0.25) is 14.6 Å². The van der Waals surface area contributed by atoms with Crippen molar-refractivity contribution < 1.29 is 9.50 Å². The lowest BCUT2D eigenvalue weighted by Gasteiger charge is -2.20. The Kier molecular flexibility index (Phi) is 6.04. The first-order valence-electron chi connectivity index (χ1n) is 13.2. The number of aromatic nitrogens is 6. The second-order valence-corrected chi connectivity index (χ2v) is 11.4. The van der Waals surface area contributed by atoms with E-state index in [-0.39, 0.29) is 17.4 Å². The molecule has 6 rings (SSSR count). The number of anilines is 1. The molecule has 10 heteroatoms. The Hall–Kier alpha value is -4.83. The van der Waals surface area contributed by atoms with Crippen molar-refractivity contribution in [2.45, 2.75) is 39.7 Å². The average molecular weight is 552 g/mol. The maximum absolute atomic E-state index is 15.3. The highest BCUT2D eigenvalue weighted by Gasteiger charge is 2.22. The molecule has 9 nitrogen and oxygen atoms in total. The topological polar surface area (TPSA) is 128 Å². The predicted octanol–water partition coefficient (Wildman–Crippen LogP) is 5.15. The van der Waals surface area contributed by atoms with E-state index in [4.69, 9.17) is 5.73 Å². The summed E-state index contributed by atoms with van der Waals surface area (Å²) in [5, 5.41) is 27.8. The molecule has 0 fully saturated rings. The number of aliphatic hydroxyl groups is 1. The van der Waals surface area contributed by atoms with Gasteiger partial charge in [0.15, 0.2) is 5.82 Å². The van der Waals surface area contributed by atoms with E-state index < -0.39 is 11.4 Å². The van der Waals surface area contributed by atoms with E-state index in [1.165, 1.54) is 12.3 Å². The minimum Gasteiger partial charge on any atom is -0.392 e. The second-order valence-electron chi connectivity index (χ2n) is 11.4. The summed E-state index contributed by atoms with van der Waals surface area (Å²) in [7, 11) is 1.85. The van der Waals surface area contributed by atoms with Crippen molar-refractivity contribution in [2.75, 3.05) is 5.73 Å². The van der Waals surface area contributed by atoms with Gasteiger partial charge in [-0.2, -0.15) is 20.0 Å². The van der Waals surface area contributed by atoms with Crippen LogP contribution in [0.4, 0.5) is 10.2 Å². The molecule has 0 aliphatic carbocycles. The molecule has 0 aliphatic rings. The predicted molar refractivity (Wildman–Crippen MR) is 158 cm³/mol. The van der Waals surface area contributed by atoms with E-state index in [0.29, 0.717) is 33.4 Å². The second kappa shape index (κ2) is 9.38. The van der Waals surface area contributed by atoms with Gasteiger partial charge >= 0.3 is 0 Å². The Balaban J connectivity index is 1.58. The fourth-order valence-corrected chi connectivity index (χ4v) is 5.42. The Morgan fingerprint density at radius 3 is 2.56 bits per heavy atom. The number of hydrogen-bond donors (Lipinski definition) is 3. The fourth-order valence-electron chi connectivity index (χ4n) is 5.42. The van der Waals surface area contributed by atoms with Gasteiger partial charge in [0.2, 0.25) is 0 Å². The van der Waals surface area contributed by atoms with Crippen LogP contribution in [0, 0.1) is 12.7 Å². The smallest absolute Gasteiger partial charge is 0.282 e. The molecule has 3 heterocycles. The quantitative estimate of drug-likeness (QED) is 0.278. The van der Waals surface area contributed by atoms with E-state index in [1.54, 1.807) is 22.9 Å². The molecular formula is C31H30FN7O2. The lowest BCUT2D eigenvalue weighted by Crippen LogP contribution is -2.24. The number of benzene rings is 3. The number of nitrogens with one attached hydrogen (secondary N) is 1. The monoisotopic (exact) mass is 551 g/mol. The molecule has 0 saturated carbocycles. The van der Waals surface area contributed by atoms with Gasteiger partial charge in [0.05, 0.1) is 35.1 Å². The molecule has 0 spiro atoms.